The smallest absolute Gasteiger partial charge is 0.306 e. The van der Waals surface area contributed by atoms with Crippen LogP contribution in [0.1, 0.15) is 39.2 Å². The lowest BCUT2D eigenvalue weighted by Gasteiger charge is -2.15. The lowest BCUT2D eigenvalue weighted by molar-refractivity contribution is -0.141. The van der Waals surface area contributed by atoms with Crippen molar-refractivity contribution in [3.8, 4) is 0 Å². The Labute approximate surface area is 89.7 Å². The highest BCUT2D eigenvalue weighted by Crippen LogP contribution is 2.20. The summed E-state index contributed by atoms with van der Waals surface area (Å²) >= 11 is 0. The van der Waals surface area contributed by atoms with Crippen molar-refractivity contribution in [1.29, 1.82) is 0 Å². The first-order valence-corrected chi connectivity index (χ1v) is 5.08. The second-order valence-electron chi connectivity index (χ2n) is 4.94. The number of carbonyl (C=O) groups is 1. The predicted molar refractivity (Wildman–Crippen MR) is 57.8 cm³/mol. The maximum atomic E-state index is 10.7. The van der Waals surface area contributed by atoms with Gasteiger partial charge in [0.05, 0.1) is 5.92 Å². The van der Waals surface area contributed by atoms with Crippen LogP contribution in [0.5, 0.6) is 0 Å². The van der Waals surface area contributed by atoms with Crippen molar-refractivity contribution < 1.29 is 9.90 Å². The molecule has 0 aliphatic rings. The number of H-pyrrole nitrogens is 1. The summed E-state index contributed by atoms with van der Waals surface area (Å²) in [4.78, 5) is 18.0. The van der Waals surface area contributed by atoms with Gasteiger partial charge in [0.25, 0.3) is 0 Å². The van der Waals surface area contributed by atoms with Crippen LogP contribution in [0.4, 0.5) is 0 Å². The Kier molecular flexibility index (Phi) is 3.17. The third kappa shape index (κ3) is 3.08. The molecule has 1 unspecified atom stereocenters. The van der Waals surface area contributed by atoms with E-state index in [0.717, 1.165) is 11.5 Å². The quantitative estimate of drug-likeness (QED) is 0.801. The van der Waals surface area contributed by atoms with Crippen LogP contribution in [0.25, 0.3) is 0 Å². The maximum absolute atomic E-state index is 10.7. The van der Waals surface area contributed by atoms with Gasteiger partial charge in [0, 0.05) is 23.7 Å². The van der Waals surface area contributed by atoms with Crippen molar-refractivity contribution in [2.75, 3.05) is 0 Å². The molecule has 0 spiro atoms. The first-order valence-electron chi connectivity index (χ1n) is 5.08. The molecule has 1 aromatic heterocycles. The average molecular weight is 210 g/mol. The molecule has 1 aromatic rings. The van der Waals surface area contributed by atoms with E-state index in [9.17, 15) is 4.79 Å². The van der Waals surface area contributed by atoms with E-state index in [1.54, 1.807) is 13.1 Å². The molecular formula is C11H18N2O2. The molecule has 0 bridgehead atoms. The van der Waals surface area contributed by atoms with Crippen molar-refractivity contribution in [2.24, 2.45) is 5.92 Å². The number of imidazole rings is 1. The van der Waals surface area contributed by atoms with Gasteiger partial charge in [-0.1, -0.05) is 27.7 Å². The molecular weight excluding hydrogens is 192 g/mol. The Balaban J connectivity index is 2.73. The number of carboxylic acid groups (broad SMARTS) is 1. The summed E-state index contributed by atoms with van der Waals surface area (Å²) in [6, 6.07) is 0. The fourth-order valence-electron chi connectivity index (χ4n) is 1.22. The summed E-state index contributed by atoms with van der Waals surface area (Å²) in [5.41, 5.74) is 1.06. The average Bonchev–Trinajstić information content (AvgIpc) is 2.51. The van der Waals surface area contributed by atoms with Crippen molar-refractivity contribution >= 4 is 5.97 Å². The van der Waals surface area contributed by atoms with Gasteiger partial charge in [-0.2, -0.15) is 0 Å². The summed E-state index contributed by atoms with van der Waals surface area (Å²) in [7, 11) is 0. The number of aromatic amines is 1. The second kappa shape index (κ2) is 4.04. The monoisotopic (exact) mass is 210 g/mol. The first-order chi connectivity index (χ1) is 6.80. The molecule has 4 nitrogen and oxygen atoms in total. The van der Waals surface area contributed by atoms with E-state index >= 15 is 0 Å². The number of rotatable bonds is 3. The molecule has 0 fully saturated rings. The SMILES string of the molecule is CC(Cc1ncc(C(C)(C)C)[nH]1)C(=O)O. The number of nitrogens with one attached hydrogen (secondary N) is 1. The van der Waals surface area contributed by atoms with E-state index < -0.39 is 11.9 Å². The molecule has 4 heteroatoms. The van der Waals surface area contributed by atoms with Crippen LogP contribution < -0.4 is 0 Å². The molecule has 84 valence electrons. The second-order valence-corrected chi connectivity index (χ2v) is 4.94. The normalized spacial score (nSPS) is 13.9. The first kappa shape index (κ1) is 11.8. The summed E-state index contributed by atoms with van der Waals surface area (Å²) in [5, 5.41) is 8.77. The van der Waals surface area contributed by atoms with Crippen LogP contribution in [0.3, 0.4) is 0 Å². The van der Waals surface area contributed by atoms with Gasteiger partial charge in [-0.15, -0.1) is 0 Å². The Morgan fingerprint density at radius 1 is 1.60 bits per heavy atom. The zero-order chi connectivity index (χ0) is 11.6. The van der Waals surface area contributed by atoms with Crippen LogP contribution in [0.15, 0.2) is 6.20 Å². The number of aromatic nitrogens is 2. The third-order valence-corrected chi connectivity index (χ3v) is 2.36. The fraction of sp³-hybridized carbons (Fsp3) is 0.636. The predicted octanol–water partition coefficient (Wildman–Crippen LogP) is 1.97. The Bertz CT molecular complexity index is 350. The Morgan fingerprint density at radius 2 is 2.20 bits per heavy atom. The number of nitrogens with zero attached hydrogens (tertiary/aromatic N) is 1. The maximum Gasteiger partial charge on any atom is 0.306 e. The summed E-state index contributed by atoms with van der Waals surface area (Å²) in [6.07, 6.45) is 2.23. The molecule has 0 saturated carbocycles. The summed E-state index contributed by atoms with van der Waals surface area (Å²) in [6.45, 7) is 7.95. The van der Waals surface area contributed by atoms with Gasteiger partial charge in [0.15, 0.2) is 0 Å². The molecule has 0 aromatic carbocycles. The number of carboxylic acids is 1. The number of aliphatic carboxylic acids is 1. The zero-order valence-corrected chi connectivity index (χ0v) is 9.66. The molecule has 2 N–H and O–H groups in total. The van der Waals surface area contributed by atoms with Gasteiger partial charge in [-0.25, -0.2) is 4.98 Å². The molecule has 0 saturated heterocycles. The van der Waals surface area contributed by atoms with Crippen molar-refractivity contribution in [1.82, 2.24) is 9.97 Å². The largest absolute Gasteiger partial charge is 0.481 e. The van der Waals surface area contributed by atoms with Gasteiger partial charge in [0.2, 0.25) is 0 Å². The van der Waals surface area contributed by atoms with Gasteiger partial charge in [0.1, 0.15) is 5.82 Å². The van der Waals surface area contributed by atoms with E-state index in [-0.39, 0.29) is 5.41 Å². The van der Waals surface area contributed by atoms with Crippen LogP contribution >= 0.6 is 0 Å². The standard InChI is InChI=1S/C11H18N2O2/c1-7(10(14)15)5-9-12-6-8(13-9)11(2,3)4/h6-7H,5H2,1-4H3,(H,12,13)(H,14,15). The molecule has 0 amide bonds. The van der Waals surface area contributed by atoms with E-state index in [4.69, 9.17) is 5.11 Å². The Hall–Kier alpha value is -1.32. The molecule has 0 radical (unpaired) electrons. The Morgan fingerprint density at radius 3 is 2.60 bits per heavy atom. The molecule has 15 heavy (non-hydrogen) atoms. The van der Waals surface area contributed by atoms with Gasteiger partial charge in [-0.05, 0) is 0 Å². The molecule has 0 aliphatic carbocycles. The minimum Gasteiger partial charge on any atom is -0.481 e. The van der Waals surface area contributed by atoms with Crippen LogP contribution in [-0.4, -0.2) is 21.0 Å². The highest BCUT2D eigenvalue weighted by molar-refractivity contribution is 5.69. The highest BCUT2D eigenvalue weighted by atomic mass is 16.4. The van der Waals surface area contributed by atoms with Crippen LogP contribution in [0.2, 0.25) is 0 Å². The van der Waals surface area contributed by atoms with Gasteiger partial charge >= 0.3 is 5.97 Å². The summed E-state index contributed by atoms with van der Waals surface area (Å²) in [5.74, 6) is -0.442. The molecule has 1 rings (SSSR count). The number of hydrogen-bond acceptors (Lipinski definition) is 2. The lowest BCUT2D eigenvalue weighted by atomic mass is 9.93. The molecule has 1 atom stereocenters. The van der Waals surface area contributed by atoms with E-state index in [2.05, 4.69) is 30.7 Å². The van der Waals surface area contributed by atoms with Crippen LogP contribution in [-0.2, 0) is 16.6 Å². The third-order valence-electron chi connectivity index (χ3n) is 2.36. The lowest BCUT2D eigenvalue weighted by Crippen LogP contribution is -2.14. The number of hydrogen-bond donors (Lipinski definition) is 2. The van der Waals surface area contributed by atoms with E-state index in [1.807, 2.05) is 0 Å². The van der Waals surface area contributed by atoms with Crippen molar-refractivity contribution in [3.05, 3.63) is 17.7 Å². The van der Waals surface area contributed by atoms with E-state index in [0.29, 0.717) is 6.42 Å². The van der Waals surface area contributed by atoms with Gasteiger partial charge < -0.3 is 10.1 Å². The van der Waals surface area contributed by atoms with Crippen molar-refractivity contribution in [2.45, 2.75) is 39.5 Å². The minimum absolute atomic E-state index is 0.0255. The summed E-state index contributed by atoms with van der Waals surface area (Å²) < 4.78 is 0. The van der Waals surface area contributed by atoms with Gasteiger partial charge in [-0.3, -0.25) is 4.79 Å². The van der Waals surface area contributed by atoms with Crippen molar-refractivity contribution in [3.63, 3.8) is 0 Å². The highest BCUT2D eigenvalue weighted by Gasteiger charge is 2.18. The molecule has 0 aliphatic heterocycles. The van der Waals surface area contributed by atoms with Crippen LogP contribution in [0, 0.1) is 5.92 Å². The minimum atomic E-state index is -0.788. The fourth-order valence-corrected chi connectivity index (χ4v) is 1.22. The zero-order valence-electron chi connectivity index (χ0n) is 9.66. The molecule has 1 heterocycles. The topological polar surface area (TPSA) is 66.0 Å². The van der Waals surface area contributed by atoms with E-state index in [1.165, 1.54) is 0 Å².